The quantitative estimate of drug-likeness (QED) is 0.0456. The van der Waals surface area contributed by atoms with Crippen molar-refractivity contribution in [3.05, 3.63) is 194 Å². The van der Waals surface area contributed by atoms with Gasteiger partial charge in [0, 0.05) is 8.07 Å². The highest BCUT2D eigenvalue weighted by Crippen LogP contribution is 2.34. The zero-order valence-electron chi connectivity index (χ0n) is 48.3. The first-order chi connectivity index (χ1) is 35.1. The molecule has 0 aliphatic rings. The van der Waals surface area contributed by atoms with E-state index in [2.05, 4.69) is 287 Å². The fourth-order valence-corrected chi connectivity index (χ4v) is 57.7. The molecule has 6 nitrogen and oxygen atoms in total. The first-order valence-electron chi connectivity index (χ1n) is 27.2. The number of benzene rings is 6. The van der Waals surface area contributed by atoms with E-state index in [1.807, 2.05) is 5.70 Å². The Labute approximate surface area is 464 Å². The summed E-state index contributed by atoms with van der Waals surface area (Å²) in [5, 5.41) is 6.96. The van der Waals surface area contributed by atoms with Crippen LogP contribution in [-0.4, -0.2) is 83.7 Å². The Hall–Kier alpha value is -3.01. The van der Waals surface area contributed by atoms with E-state index in [4.69, 9.17) is 24.7 Å². The third kappa shape index (κ3) is 17.0. The van der Waals surface area contributed by atoms with Gasteiger partial charge in [-0.15, -0.1) is 6.58 Å². The Morgan fingerprint density at radius 1 is 0.267 bits per heavy atom. The molecule has 0 aliphatic heterocycles. The van der Waals surface area contributed by atoms with Gasteiger partial charge in [-0.3, -0.25) is 0 Å². The molecule has 0 spiro atoms. The molecule has 0 N–H and O–H groups in total. The van der Waals surface area contributed by atoms with E-state index in [-0.39, 0.29) is 0 Å². The van der Waals surface area contributed by atoms with Gasteiger partial charge in [0.25, 0.3) is 0 Å². The molecule has 402 valence electrons. The van der Waals surface area contributed by atoms with Crippen molar-refractivity contribution in [2.45, 2.75) is 134 Å². The standard InChI is InChI=1S/C59H90O6Si10/c1-17-67(5,6)60-73(54-36-24-18-25-37-54,55-38-26-19-27-39-55)62-69(9,10)50-51-71(13,14)64-75(58-44-32-22-33-45-58,59-46-34-23-35-47-59)65-72(15,16)53-52-70(11,12)63-74(56-40-28-20-29-41-56,57-42-30-21-31-43-57)61-68(7,8)49-48-66(2,3)4/h17-47H,1,48-53H2,2-16H3. The zero-order chi connectivity index (χ0) is 54.9. The van der Waals surface area contributed by atoms with Gasteiger partial charge in [0.2, 0.25) is 8.32 Å². The molecule has 0 unspecified atom stereocenters. The molecule has 0 saturated carbocycles. The maximum atomic E-state index is 8.08. The number of hydrogen-bond acceptors (Lipinski definition) is 6. The van der Waals surface area contributed by atoms with Gasteiger partial charge in [0.15, 0.2) is 41.6 Å². The lowest BCUT2D eigenvalue weighted by Gasteiger charge is -2.46. The molecule has 0 aliphatic carbocycles. The van der Waals surface area contributed by atoms with Crippen molar-refractivity contribution in [1.82, 2.24) is 0 Å². The van der Waals surface area contributed by atoms with E-state index >= 15 is 0 Å². The normalized spacial score (nSPS) is 13.7. The minimum Gasteiger partial charge on any atom is -0.430 e. The Morgan fingerprint density at radius 2 is 0.440 bits per heavy atom. The molecule has 0 aromatic heterocycles. The lowest BCUT2D eigenvalue weighted by atomic mass is 10.4. The van der Waals surface area contributed by atoms with Crippen molar-refractivity contribution in [2.24, 2.45) is 0 Å². The second-order valence-electron chi connectivity index (χ2n) is 25.3. The molecule has 0 radical (unpaired) electrons. The van der Waals surface area contributed by atoms with Crippen LogP contribution < -0.4 is 31.1 Å². The minimum absolute atomic E-state index is 0.916. The van der Waals surface area contributed by atoms with Crippen molar-refractivity contribution in [2.75, 3.05) is 0 Å². The average molecular weight is 1180 g/mol. The zero-order valence-corrected chi connectivity index (χ0v) is 58.3. The summed E-state index contributed by atoms with van der Waals surface area (Å²) >= 11 is 0. The molecule has 0 atom stereocenters. The van der Waals surface area contributed by atoms with Crippen molar-refractivity contribution in [1.29, 1.82) is 0 Å². The van der Waals surface area contributed by atoms with Crippen LogP contribution in [0.5, 0.6) is 0 Å². The molecule has 0 saturated heterocycles. The van der Waals surface area contributed by atoms with Crippen LogP contribution in [0.3, 0.4) is 0 Å². The largest absolute Gasteiger partial charge is 0.430 e. The maximum Gasteiger partial charge on any atom is 0.386 e. The smallest absolute Gasteiger partial charge is 0.386 e. The molecule has 0 fully saturated rings. The number of hydrogen-bond donors (Lipinski definition) is 0. The van der Waals surface area contributed by atoms with Gasteiger partial charge in [-0.05, 0) is 140 Å². The van der Waals surface area contributed by atoms with Crippen LogP contribution in [0.1, 0.15) is 0 Å². The molecule has 6 aromatic rings. The van der Waals surface area contributed by atoms with E-state index in [1.165, 1.54) is 16.4 Å². The van der Waals surface area contributed by atoms with Crippen molar-refractivity contribution < 1.29 is 24.7 Å². The molecule has 0 bridgehead atoms. The summed E-state index contributed by atoms with van der Waals surface area (Å²) in [7, 11) is -25.7. The fraction of sp³-hybridized carbons (Fsp3) is 0.356. The molecule has 6 rings (SSSR count). The molecular weight excluding hydrogens is 1090 g/mol. The Morgan fingerprint density at radius 3 is 0.613 bits per heavy atom. The molecule has 16 heteroatoms. The predicted octanol–water partition coefficient (Wildman–Crippen LogP) is 13.1. The molecule has 6 aromatic carbocycles. The summed E-state index contributed by atoms with van der Waals surface area (Å²) in [5.41, 5.74) is 2.04. The van der Waals surface area contributed by atoms with Crippen LogP contribution in [-0.2, 0) is 24.7 Å². The van der Waals surface area contributed by atoms with Gasteiger partial charge in [0.1, 0.15) is 0 Å². The summed E-state index contributed by atoms with van der Waals surface area (Å²) in [6.45, 7) is 40.2. The number of rotatable bonds is 28. The summed E-state index contributed by atoms with van der Waals surface area (Å²) < 4.78 is 47.2. The van der Waals surface area contributed by atoms with Crippen molar-refractivity contribution >= 4 is 115 Å². The van der Waals surface area contributed by atoms with Gasteiger partial charge in [-0.25, -0.2) is 0 Å². The van der Waals surface area contributed by atoms with Crippen LogP contribution >= 0.6 is 0 Å². The monoisotopic (exact) mass is 1170 g/mol. The highest BCUT2D eigenvalue weighted by Gasteiger charge is 2.55. The van der Waals surface area contributed by atoms with E-state index in [0.29, 0.717) is 0 Å². The molecule has 75 heavy (non-hydrogen) atoms. The van der Waals surface area contributed by atoms with Crippen molar-refractivity contribution in [3.63, 3.8) is 0 Å². The molecular formula is C59H90O6Si10. The first kappa shape index (κ1) is 61.2. The van der Waals surface area contributed by atoms with Crippen LogP contribution in [0.4, 0.5) is 0 Å². The van der Waals surface area contributed by atoms with Crippen LogP contribution in [0, 0.1) is 0 Å². The van der Waals surface area contributed by atoms with Gasteiger partial charge < -0.3 is 24.7 Å². The average Bonchev–Trinajstić information content (AvgIpc) is 3.37. The SMILES string of the molecule is C=C[Si](C)(C)O[Si](O[Si](C)(C)CC[Si](C)(C)O[Si](O[Si](C)(C)CC[Si](C)(C)O[Si](O[Si](C)(C)CC[Si](C)(C)C)(c1ccccc1)c1ccccc1)(c1ccccc1)c1ccccc1)(c1ccccc1)c1ccccc1. The third-order valence-electron chi connectivity index (χ3n) is 14.1. The topological polar surface area (TPSA) is 55.4 Å². The maximum absolute atomic E-state index is 8.08. The Balaban J connectivity index is 1.34. The lowest BCUT2D eigenvalue weighted by molar-refractivity contribution is 0.398. The summed E-state index contributed by atoms with van der Waals surface area (Å²) in [6, 6.07) is 71.3. The molecule has 0 amide bonds. The van der Waals surface area contributed by atoms with Crippen LogP contribution in [0.25, 0.3) is 0 Å². The summed E-state index contributed by atoms with van der Waals surface area (Å²) in [5.74, 6) is 0. The van der Waals surface area contributed by atoms with Crippen LogP contribution in [0.15, 0.2) is 194 Å². The molecule has 0 heterocycles. The summed E-state index contributed by atoms with van der Waals surface area (Å²) in [6.07, 6.45) is 0. The second kappa shape index (κ2) is 25.0. The fourth-order valence-electron chi connectivity index (χ4n) is 9.71. The lowest BCUT2D eigenvalue weighted by Crippen LogP contribution is -2.71. The Kier molecular flexibility index (Phi) is 20.4. The van der Waals surface area contributed by atoms with Crippen molar-refractivity contribution in [3.8, 4) is 0 Å². The predicted molar refractivity (Wildman–Crippen MR) is 348 cm³/mol. The van der Waals surface area contributed by atoms with Gasteiger partial charge in [0.05, 0.1) is 0 Å². The second-order valence-corrected chi connectivity index (χ2v) is 66.7. The highest BCUT2D eigenvalue weighted by atomic mass is 28.5. The van der Waals surface area contributed by atoms with Gasteiger partial charge >= 0.3 is 25.7 Å². The van der Waals surface area contributed by atoms with Gasteiger partial charge in [-0.2, -0.15) is 0 Å². The first-order valence-corrected chi connectivity index (χ1v) is 55.0. The van der Waals surface area contributed by atoms with Gasteiger partial charge in [-0.1, -0.05) is 213 Å². The van der Waals surface area contributed by atoms with E-state index in [0.717, 1.165) is 51.0 Å². The van der Waals surface area contributed by atoms with Crippen LogP contribution in [0.2, 0.25) is 134 Å². The summed E-state index contributed by atoms with van der Waals surface area (Å²) in [4.78, 5) is 0. The highest BCUT2D eigenvalue weighted by molar-refractivity contribution is 7.05. The van der Waals surface area contributed by atoms with E-state index < -0.39 is 83.7 Å². The Bertz CT molecular complexity index is 2570. The minimum atomic E-state index is -3.36. The van der Waals surface area contributed by atoms with E-state index in [9.17, 15) is 0 Å². The van der Waals surface area contributed by atoms with E-state index in [1.54, 1.807) is 0 Å². The third-order valence-corrected chi connectivity index (χ3v) is 52.2.